The Bertz CT molecular complexity index is 2460. The van der Waals surface area contributed by atoms with Gasteiger partial charge in [-0.1, -0.05) is 84.6 Å². The molecule has 2 saturated heterocycles. The molecule has 0 amide bonds. The molecule has 58 heavy (non-hydrogen) atoms. The topological polar surface area (TPSA) is 151 Å². The zero-order valence-corrected chi connectivity index (χ0v) is 34.3. The summed E-state index contributed by atoms with van der Waals surface area (Å²) >= 11 is 0. The number of morpholine rings is 2. The SMILES string of the molecule is COS(=O)(=O)[O-].COS(=O)(=O)[O-].C[N+]1(C2(c3c4ccccc4c(C4([N+]5(C)CCOCC5)C#Cc5ccc4cc5)c4ccccc34)C#Cc3ccc2cc3)CCOCC1. The maximum Gasteiger partial charge on any atom is 0.217 e. The molecule has 0 aromatic heterocycles. The van der Waals surface area contributed by atoms with E-state index in [1.54, 1.807) is 0 Å². The van der Waals surface area contributed by atoms with Gasteiger partial charge in [0.05, 0.1) is 54.7 Å². The van der Waals surface area contributed by atoms with Gasteiger partial charge in [-0.05, 0) is 57.7 Å². The van der Waals surface area contributed by atoms with Crippen LogP contribution in [0.25, 0.3) is 21.5 Å². The molecule has 5 aromatic rings. The average Bonchev–Trinajstić information content (AvgIpc) is 3.69. The van der Waals surface area contributed by atoms with Gasteiger partial charge in [0.15, 0.2) is 0 Å². The Morgan fingerprint density at radius 3 is 1.07 bits per heavy atom. The number of fused-ring (bicyclic) bond motifs is 8. The Morgan fingerprint density at radius 2 is 0.810 bits per heavy atom. The van der Waals surface area contributed by atoms with Crippen molar-refractivity contribution in [3.63, 3.8) is 0 Å². The van der Waals surface area contributed by atoms with Crippen molar-refractivity contribution in [3.05, 3.63) is 130 Å². The Balaban J connectivity index is 0.000000375. The molecule has 5 aromatic carbocycles. The molecular weight excluding hydrogens is 781 g/mol. The lowest BCUT2D eigenvalue weighted by Crippen LogP contribution is -2.65. The Morgan fingerprint density at radius 1 is 0.534 bits per heavy atom. The van der Waals surface area contributed by atoms with Crippen LogP contribution in [-0.4, -0.2) is 116 Å². The third-order valence-electron chi connectivity index (χ3n) is 12.0. The molecule has 2 aliphatic heterocycles. The molecule has 302 valence electrons. The van der Waals surface area contributed by atoms with Crippen molar-refractivity contribution in [2.45, 2.75) is 11.1 Å². The summed E-state index contributed by atoms with van der Waals surface area (Å²) in [5, 5.41) is 5.01. The lowest BCUT2D eigenvalue weighted by Gasteiger charge is -2.52. The summed E-state index contributed by atoms with van der Waals surface area (Å²) < 4.78 is 75.6. The first kappa shape index (κ1) is 41.5. The number of nitrogens with zero attached hydrogens (tertiary/aromatic N) is 2. The van der Waals surface area contributed by atoms with E-state index in [0.717, 1.165) is 86.9 Å². The number of ether oxygens (including phenoxy) is 2. The molecule has 2 fully saturated rings. The summed E-state index contributed by atoms with van der Waals surface area (Å²) in [5.41, 5.74) is 6.04. The molecule has 0 spiro atoms. The van der Waals surface area contributed by atoms with Gasteiger partial charge in [0.25, 0.3) is 0 Å². The van der Waals surface area contributed by atoms with Gasteiger partial charge in [-0.15, -0.1) is 0 Å². The van der Waals surface area contributed by atoms with Crippen molar-refractivity contribution in [2.24, 2.45) is 0 Å². The zero-order valence-electron chi connectivity index (χ0n) is 32.7. The molecule has 2 unspecified atom stereocenters. The maximum absolute atomic E-state index is 9.22. The summed E-state index contributed by atoms with van der Waals surface area (Å²) in [7, 11) is -2.42. The molecule has 4 aliphatic carbocycles. The van der Waals surface area contributed by atoms with Crippen LogP contribution in [0.3, 0.4) is 0 Å². The van der Waals surface area contributed by atoms with Crippen LogP contribution >= 0.6 is 0 Å². The van der Waals surface area contributed by atoms with Crippen LogP contribution in [0.5, 0.6) is 0 Å². The highest BCUT2D eigenvalue weighted by atomic mass is 32.3. The highest BCUT2D eigenvalue weighted by Crippen LogP contribution is 2.53. The molecule has 14 heteroatoms. The Hall–Kier alpha value is -4.68. The van der Waals surface area contributed by atoms with E-state index in [2.05, 4.69) is 143 Å². The first-order valence-corrected chi connectivity index (χ1v) is 21.4. The minimum atomic E-state index is -4.41. The van der Waals surface area contributed by atoms with Crippen molar-refractivity contribution >= 4 is 42.3 Å². The van der Waals surface area contributed by atoms with Crippen LogP contribution in [-0.2, 0) is 49.7 Å². The fourth-order valence-electron chi connectivity index (χ4n) is 8.98. The number of hydrogen-bond donors (Lipinski definition) is 0. The molecule has 0 radical (unpaired) electrons. The molecule has 12 nitrogen and oxygen atoms in total. The second kappa shape index (κ2) is 15.8. The number of likely N-dealkylation sites (N-methyl/N-ethyl adjacent to an activating group) is 2. The summed E-state index contributed by atoms with van der Waals surface area (Å²) in [6.45, 7) is 6.42. The van der Waals surface area contributed by atoms with Gasteiger partial charge in [0.1, 0.15) is 26.2 Å². The average molecular weight is 825 g/mol. The number of quaternary nitrogens is 2. The van der Waals surface area contributed by atoms with Crippen molar-refractivity contribution in [1.82, 2.24) is 0 Å². The van der Waals surface area contributed by atoms with Crippen LogP contribution in [0.1, 0.15) is 33.4 Å². The largest absolute Gasteiger partial charge is 0.726 e. The van der Waals surface area contributed by atoms with Crippen LogP contribution in [0.15, 0.2) is 97.1 Å². The summed E-state index contributed by atoms with van der Waals surface area (Å²) in [4.78, 5) is 0. The van der Waals surface area contributed by atoms with E-state index in [9.17, 15) is 25.9 Å². The molecule has 0 saturated carbocycles. The van der Waals surface area contributed by atoms with Gasteiger partial charge >= 0.3 is 0 Å². The third-order valence-corrected chi connectivity index (χ3v) is 12.8. The van der Waals surface area contributed by atoms with Crippen molar-refractivity contribution in [2.75, 3.05) is 80.9 Å². The Kier molecular flexibility index (Phi) is 11.3. The van der Waals surface area contributed by atoms with Crippen LogP contribution < -0.4 is 0 Å². The minimum absolute atomic E-state index is 0.590. The quantitative estimate of drug-likeness (QED) is 0.0795. The van der Waals surface area contributed by atoms with Gasteiger partial charge in [-0.2, -0.15) is 0 Å². The normalized spacial score (nSPS) is 22.4. The van der Waals surface area contributed by atoms with E-state index >= 15 is 0 Å². The van der Waals surface area contributed by atoms with E-state index in [4.69, 9.17) is 9.47 Å². The van der Waals surface area contributed by atoms with Crippen LogP contribution in [0.4, 0.5) is 0 Å². The number of benzene rings is 5. The Labute approximate surface area is 340 Å². The lowest BCUT2D eigenvalue weighted by molar-refractivity contribution is -0.958. The highest BCUT2D eigenvalue weighted by molar-refractivity contribution is 7.81. The summed E-state index contributed by atoms with van der Waals surface area (Å²) in [6, 6.07) is 36.2. The van der Waals surface area contributed by atoms with Crippen molar-refractivity contribution in [3.8, 4) is 23.7 Å². The van der Waals surface area contributed by atoms with Crippen molar-refractivity contribution < 1.29 is 52.7 Å². The molecule has 2 atom stereocenters. The highest BCUT2D eigenvalue weighted by Gasteiger charge is 2.57. The molecule has 11 rings (SSSR count). The van der Waals surface area contributed by atoms with E-state index in [1.165, 1.54) is 43.8 Å². The van der Waals surface area contributed by atoms with E-state index in [0.29, 0.717) is 0 Å². The molecule has 6 aliphatic rings. The second-order valence-electron chi connectivity index (χ2n) is 15.0. The van der Waals surface area contributed by atoms with Crippen molar-refractivity contribution in [1.29, 1.82) is 0 Å². The first-order valence-electron chi connectivity index (χ1n) is 18.7. The molecule has 2 heterocycles. The fraction of sp³-hybridized carbons (Fsp3) is 0.318. The van der Waals surface area contributed by atoms with Gasteiger partial charge in [0, 0.05) is 33.4 Å². The summed E-state index contributed by atoms with van der Waals surface area (Å²) in [6.07, 6.45) is 0. The third kappa shape index (κ3) is 7.31. The zero-order chi connectivity index (χ0) is 41.4. The van der Waals surface area contributed by atoms with E-state index in [-0.39, 0.29) is 0 Å². The predicted octanol–water partition coefficient (Wildman–Crippen LogP) is 4.35. The molecule has 4 bridgehead atoms. The van der Waals surface area contributed by atoms with Crippen LogP contribution in [0, 0.1) is 23.7 Å². The minimum Gasteiger partial charge on any atom is -0.726 e. The number of rotatable bonds is 6. The van der Waals surface area contributed by atoms with Gasteiger partial charge in [0.2, 0.25) is 31.9 Å². The van der Waals surface area contributed by atoms with Gasteiger partial charge in [-0.3, -0.25) is 17.3 Å². The second-order valence-corrected chi connectivity index (χ2v) is 17.3. The lowest BCUT2D eigenvalue weighted by atomic mass is 9.70. The predicted molar refractivity (Wildman–Crippen MR) is 217 cm³/mol. The molecule has 0 N–H and O–H groups in total. The van der Waals surface area contributed by atoms with Gasteiger partial charge in [-0.25, -0.2) is 16.8 Å². The summed E-state index contributed by atoms with van der Waals surface area (Å²) in [5.74, 6) is 15.2. The maximum atomic E-state index is 9.22. The van der Waals surface area contributed by atoms with Gasteiger partial charge < -0.3 is 18.6 Å². The van der Waals surface area contributed by atoms with Crippen LogP contribution in [0.2, 0.25) is 0 Å². The molecular formula is C44H44N2O10S2. The fourth-order valence-corrected chi connectivity index (χ4v) is 8.98. The number of hydrogen-bond acceptors (Lipinski definition) is 10. The smallest absolute Gasteiger partial charge is 0.217 e. The standard InChI is InChI=1S/C42H38N2O2.2CH4O4S/c1-43(23-27-45-28-24-43)41(21-19-31-11-15-33(41)16-12-31)39-35-7-3-5-9-37(35)40(38-10-6-4-8-36(38)39)42(44(2)25-29-46-30-26-44)22-20-32-13-17-34(42)18-14-32;2*1-5-6(2,3)4/h3-18H,23-30H2,1-2H3;2*1H3,(H,2,3,4)/q+2;;/p-2. The van der Waals surface area contributed by atoms with E-state index in [1.807, 2.05) is 0 Å². The monoisotopic (exact) mass is 824 g/mol. The van der Waals surface area contributed by atoms with E-state index < -0.39 is 31.9 Å². The first-order chi connectivity index (χ1) is 27.6.